The summed E-state index contributed by atoms with van der Waals surface area (Å²) in [4.78, 5) is 46.9. The Bertz CT molecular complexity index is 1440. The van der Waals surface area contributed by atoms with E-state index in [4.69, 9.17) is 9.47 Å². The fourth-order valence-electron chi connectivity index (χ4n) is 4.65. The molecular weight excluding hydrogens is 548 g/mol. The zero-order chi connectivity index (χ0) is 30.4. The van der Waals surface area contributed by atoms with Crippen LogP contribution in [0.25, 0.3) is 0 Å². The number of aromatic nitrogens is 1. The van der Waals surface area contributed by atoms with Gasteiger partial charge in [0.1, 0.15) is 29.7 Å². The second-order valence-corrected chi connectivity index (χ2v) is 10.2. The predicted octanol–water partition coefficient (Wildman–Crippen LogP) is 4.65. The molecule has 3 aromatic rings. The van der Waals surface area contributed by atoms with E-state index in [2.05, 4.69) is 15.6 Å². The van der Waals surface area contributed by atoms with Crippen LogP contribution in [0.2, 0.25) is 0 Å². The number of fused-ring (bicyclic) bond motifs is 1. The summed E-state index contributed by atoms with van der Waals surface area (Å²) in [5.41, 5.74) is 0.429. The van der Waals surface area contributed by atoms with Gasteiger partial charge in [-0.2, -0.15) is 0 Å². The molecule has 0 saturated heterocycles. The van der Waals surface area contributed by atoms with Crippen LogP contribution in [0.1, 0.15) is 34.7 Å². The Labute approximate surface area is 242 Å². The van der Waals surface area contributed by atoms with Crippen molar-refractivity contribution >= 4 is 29.2 Å². The van der Waals surface area contributed by atoms with Gasteiger partial charge in [0.2, 0.25) is 0 Å². The van der Waals surface area contributed by atoms with Crippen LogP contribution in [0, 0.1) is 17.6 Å². The second kappa shape index (κ2) is 13.4. The summed E-state index contributed by atoms with van der Waals surface area (Å²) in [5, 5.41) is 4.81. The standard InChI is InChI=1S/C30H33F2N5O5/c1-18-15-37(29(39)24-7-5-6-12-33-24)19(2)17-42-26-14-21(9-10-22(26)28(38)36(3)16-27(18)41-4)34-30(40)35-25-13-20(31)8-11-23(25)32/h5-14,18-19,27H,15-17H2,1-4H3,(H2,34,35,40)/t18-,19-,27+/m0/s1. The minimum atomic E-state index is -0.825. The summed E-state index contributed by atoms with van der Waals surface area (Å²) >= 11 is 0. The first-order valence-corrected chi connectivity index (χ1v) is 13.4. The van der Waals surface area contributed by atoms with Crippen LogP contribution < -0.4 is 15.4 Å². The molecule has 2 aromatic carbocycles. The van der Waals surface area contributed by atoms with E-state index in [1.54, 1.807) is 43.5 Å². The Morgan fingerprint density at radius 3 is 2.55 bits per heavy atom. The molecule has 12 heteroatoms. The lowest BCUT2D eigenvalue weighted by Gasteiger charge is -2.36. The van der Waals surface area contributed by atoms with E-state index in [1.165, 1.54) is 23.1 Å². The third-order valence-corrected chi connectivity index (χ3v) is 7.03. The summed E-state index contributed by atoms with van der Waals surface area (Å²) in [6, 6.07) is 11.0. The zero-order valence-corrected chi connectivity index (χ0v) is 23.8. The van der Waals surface area contributed by atoms with E-state index in [0.29, 0.717) is 6.54 Å². The number of benzene rings is 2. The van der Waals surface area contributed by atoms with Gasteiger partial charge in [-0.15, -0.1) is 0 Å². The largest absolute Gasteiger partial charge is 0.491 e. The lowest BCUT2D eigenvalue weighted by atomic mass is 10.0. The molecule has 4 amide bonds. The van der Waals surface area contributed by atoms with Crippen LogP contribution in [-0.2, 0) is 4.74 Å². The minimum Gasteiger partial charge on any atom is -0.491 e. The highest BCUT2D eigenvalue weighted by atomic mass is 19.1. The summed E-state index contributed by atoms with van der Waals surface area (Å²) < 4.78 is 39.3. The molecule has 10 nitrogen and oxygen atoms in total. The molecule has 2 heterocycles. The number of carbonyl (C=O) groups excluding carboxylic acids is 3. The molecule has 1 aromatic heterocycles. The maximum absolute atomic E-state index is 14.0. The number of anilines is 2. The van der Waals surface area contributed by atoms with E-state index in [0.717, 1.165) is 18.2 Å². The molecule has 0 spiro atoms. The Morgan fingerprint density at radius 2 is 1.83 bits per heavy atom. The predicted molar refractivity (Wildman–Crippen MR) is 153 cm³/mol. The minimum absolute atomic E-state index is 0.0249. The van der Waals surface area contributed by atoms with Crippen molar-refractivity contribution in [1.29, 1.82) is 0 Å². The van der Waals surface area contributed by atoms with Crippen LogP contribution in [0.15, 0.2) is 60.8 Å². The second-order valence-electron chi connectivity index (χ2n) is 10.2. The number of nitrogens with one attached hydrogen (secondary N) is 2. The van der Waals surface area contributed by atoms with Gasteiger partial charge in [0.25, 0.3) is 11.8 Å². The van der Waals surface area contributed by atoms with Crippen LogP contribution in [0.4, 0.5) is 25.0 Å². The number of rotatable bonds is 4. The average Bonchev–Trinajstić information content (AvgIpc) is 2.98. The number of urea groups is 1. The molecular formula is C30H33F2N5O5. The molecule has 4 rings (SSSR count). The first-order valence-electron chi connectivity index (χ1n) is 13.4. The Kier molecular flexibility index (Phi) is 9.68. The number of hydrogen-bond acceptors (Lipinski definition) is 6. The molecule has 0 bridgehead atoms. The van der Waals surface area contributed by atoms with Crippen LogP contribution in [0.5, 0.6) is 5.75 Å². The van der Waals surface area contributed by atoms with Crippen molar-refractivity contribution < 1.29 is 32.6 Å². The highest BCUT2D eigenvalue weighted by Gasteiger charge is 2.31. The third-order valence-electron chi connectivity index (χ3n) is 7.03. The normalized spacial score (nSPS) is 19.6. The molecule has 0 aliphatic carbocycles. The fourth-order valence-corrected chi connectivity index (χ4v) is 4.65. The highest BCUT2D eigenvalue weighted by molar-refractivity contribution is 6.01. The van der Waals surface area contributed by atoms with Crippen molar-refractivity contribution in [3.63, 3.8) is 0 Å². The number of nitrogens with zero attached hydrogens (tertiary/aromatic N) is 3. The lowest BCUT2D eigenvalue weighted by Crippen LogP contribution is -2.48. The van der Waals surface area contributed by atoms with E-state index in [1.807, 2.05) is 13.8 Å². The Morgan fingerprint density at radius 1 is 1.05 bits per heavy atom. The number of halogens is 2. The molecule has 0 unspecified atom stereocenters. The van der Waals surface area contributed by atoms with Gasteiger partial charge in [0.05, 0.1) is 23.4 Å². The molecule has 0 fully saturated rings. The summed E-state index contributed by atoms with van der Waals surface area (Å²) in [5.74, 6) is -2.08. The fraction of sp³-hybridized carbons (Fsp3) is 0.333. The van der Waals surface area contributed by atoms with Crippen LogP contribution >= 0.6 is 0 Å². The number of amides is 4. The van der Waals surface area contributed by atoms with Crippen molar-refractivity contribution in [3.8, 4) is 5.75 Å². The summed E-state index contributed by atoms with van der Waals surface area (Å²) in [6.07, 6.45) is 1.18. The molecule has 3 atom stereocenters. The van der Waals surface area contributed by atoms with Crippen molar-refractivity contribution in [3.05, 3.63) is 83.7 Å². The van der Waals surface area contributed by atoms with Gasteiger partial charge in [-0.3, -0.25) is 14.6 Å². The van der Waals surface area contributed by atoms with Gasteiger partial charge < -0.3 is 29.9 Å². The molecule has 1 aliphatic rings. The van der Waals surface area contributed by atoms with Gasteiger partial charge in [-0.05, 0) is 43.3 Å². The van der Waals surface area contributed by atoms with Crippen molar-refractivity contribution in [2.24, 2.45) is 5.92 Å². The van der Waals surface area contributed by atoms with E-state index < -0.39 is 23.7 Å². The highest BCUT2D eigenvalue weighted by Crippen LogP contribution is 2.27. The molecule has 0 radical (unpaired) electrons. The molecule has 222 valence electrons. The average molecular weight is 582 g/mol. The Balaban J connectivity index is 1.62. The summed E-state index contributed by atoms with van der Waals surface area (Å²) in [7, 11) is 3.21. The van der Waals surface area contributed by atoms with Gasteiger partial charge in [0, 0.05) is 57.2 Å². The number of carbonyl (C=O) groups is 3. The van der Waals surface area contributed by atoms with Crippen LogP contribution in [-0.4, -0.2) is 78.6 Å². The maximum Gasteiger partial charge on any atom is 0.323 e. The number of methoxy groups -OCH3 is 1. The molecule has 42 heavy (non-hydrogen) atoms. The van der Waals surface area contributed by atoms with Gasteiger partial charge >= 0.3 is 6.03 Å². The van der Waals surface area contributed by atoms with E-state index in [9.17, 15) is 23.2 Å². The Hall–Kier alpha value is -4.58. The number of ether oxygens (including phenoxy) is 2. The number of hydrogen-bond donors (Lipinski definition) is 2. The molecule has 1 aliphatic heterocycles. The molecule has 2 N–H and O–H groups in total. The van der Waals surface area contributed by atoms with E-state index >= 15 is 0 Å². The lowest BCUT2D eigenvalue weighted by molar-refractivity contribution is 0.0109. The quantitative estimate of drug-likeness (QED) is 0.464. The zero-order valence-electron chi connectivity index (χ0n) is 23.8. The van der Waals surface area contributed by atoms with Crippen LogP contribution in [0.3, 0.4) is 0 Å². The van der Waals surface area contributed by atoms with Crippen molar-refractivity contribution in [1.82, 2.24) is 14.8 Å². The SMILES string of the molecule is CO[C@@H]1CN(C)C(=O)c2ccc(NC(=O)Nc3cc(F)ccc3F)cc2OC[C@H](C)N(C(=O)c2ccccn2)C[C@@H]1C. The monoisotopic (exact) mass is 581 g/mol. The first kappa shape index (κ1) is 30.4. The van der Waals surface area contributed by atoms with Crippen molar-refractivity contribution in [2.45, 2.75) is 26.0 Å². The number of pyridine rings is 1. The van der Waals surface area contributed by atoms with Crippen molar-refractivity contribution in [2.75, 3.05) is 44.5 Å². The number of likely N-dealkylation sites (N-methyl/N-ethyl adjacent to an activating group) is 1. The van der Waals surface area contributed by atoms with Gasteiger partial charge in [-0.25, -0.2) is 13.6 Å². The van der Waals surface area contributed by atoms with E-state index in [-0.39, 0.29) is 65.4 Å². The first-order chi connectivity index (χ1) is 20.1. The summed E-state index contributed by atoms with van der Waals surface area (Å²) in [6.45, 7) is 4.38. The molecule has 0 saturated carbocycles. The van der Waals surface area contributed by atoms with Gasteiger partial charge in [-0.1, -0.05) is 13.0 Å². The van der Waals surface area contributed by atoms with Gasteiger partial charge in [0.15, 0.2) is 0 Å². The topological polar surface area (TPSA) is 113 Å². The maximum atomic E-state index is 14.0. The smallest absolute Gasteiger partial charge is 0.323 e. The third kappa shape index (κ3) is 7.19.